The second kappa shape index (κ2) is 8.62. The Kier molecular flexibility index (Phi) is 5.98. The van der Waals surface area contributed by atoms with Crippen molar-refractivity contribution in [1.82, 2.24) is 0 Å². The molecule has 0 atom stereocenters. The third-order valence-corrected chi connectivity index (χ3v) is 5.46. The number of para-hydroxylation sites is 1. The first-order chi connectivity index (χ1) is 14.3. The molecule has 3 aromatic carbocycles. The number of carbonyl (C=O) groups excluding carboxylic acids is 1. The maximum Gasteiger partial charge on any atom is 0.271 e. The first-order valence-electron chi connectivity index (χ1n) is 8.62. The molecule has 0 aliphatic rings. The van der Waals surface area contributed by atoms with E-state index in [4.69, 9.17) is 4.74 Å². The SMILES string of the molecule is COc1ccc(C(=O)Nc2ccccc2)cc1S(=O)(=O)Nc1cccc([N+](=O)[O-])c1. The fraction of sp³-hybridized carbons (Fsp3) is 0.0500. The number of carbonyl (C=O) groups is 1. The van der Waals surface area contributed by atoms with Crippen molar-refractivity contribution in [2.45, 2.75) is 4.90 Å². The summed E-state index contributed by atoms with van der Waals surface area (Å²) < 4.78 is 33.2. The van der Waals surface area contributed by atoms with Crippen LogP contribution in [0, 0.1) is 10.1 Å². The summed E-state index contributed by atoms with van der Waals surface area (Å²) in [7, 11) is -2.91. The summed E-state index contributed by atoms with van der Waals surface area (Å²) in [5.41, 5.74) is 0.389. The van der Waals surface area contributed by atoms with Gasteiger partial charge in [-0.25, -0.2) is 8.42 Å². The molecule has 1 amide bonds. The van der Waals surface area contributed by atoms with Gasteiger partial charge in [-0.2, -0.15) is 0 Å². The lowest BCUT2D eigenvalue weighted by atomic mass is 10.2. The molecular formula is C20H17N3O6S. The average molecular weight is 427 g/mol. The number of nitrogens with one attached hydrogen (secondary N) is 2. The summed E-state index contributed by atoms with van der Waals surface area (Å²) in [4.78, 5) is 22.5. The van der Waals surface area contributed by atoms with Crippen molar-refractivity contribution in [3.63, 3.8) is 0 Å². The molecule has 0 fully saturated rings. The number of benzene rings is 3. The van der Waals surface area contributed by atoms with Crippen LogP contribution in [-0.4, -0.2) is 26.4 Å². The number of amides is 1. The van der Waals surface area contributed by atoms with Gasteiger partial charge in [0.15, 0.2) is 0 Å². The van der Waals surface area contributed by atoms with Crippen LogP contribution in [0.3, 0.4) is 0 Å². The fourth-order valence-electron chi connectivity index (χ4n) is 2.65. The molecule has 0 heterocycles. The number of ether oxygens (including phenoxy) is 1. The van der Waals surface area contributed by atoms with Gasteiger partial charge < -0.3 is 10.1 Å². The number of sulfonamides is 1. The number of nitro groups is 1. The van der Waals surface area contributed by atoms with Crippen LogP contribution in [0.25, 0.3) is 0 Å². The molecule has 9 nitrogen and oxygen atoms in total. The fourth-order valence-corrected chi connectivity index (χ4v) is 3.89. The normalized spacial score (nSPS) is 10.8. The first-order valence-corrected chi connectivity index (χ1v) is 10.1. The molecule has 0 aromatic heterocycles. The zero-order valence-corrected chi connectivity index (χ0v) is 16.5. The molecule has 0 spiro atoms. The molecule has 30 heavy (non-hydrogen) atoms. The van der Waals surface area contributed by atoms with Gasteiger partial charge in [0, 0.05) is 23.4 Å². The van der Waals surface area contributed by atoms with Gasteiger partial charge in [-0.15, -0.1) is 0 Å². The average Bonchev–Trinajstić information content (AvgIpc) is 2.73. The molecule has 0 saturated heterocycles. The molecule has 2 N–H and O–H groups in total. The lowest BCUT2D eigenvalue weighted by Crippen LogP contribution is -2.17. The predicted molar refractivity (Wildman–Crippen MR) is 111 cm³/mol. The van der Waals surface area contributed by atoms with E-state index in [2.05, 4.69) is 10.0 Å². The van der Waals surface area contributed by atoms with Crippen LogP contribution in [0.15, 0.2) is 77.7 Å². The van der Waals surface area contributed by atoms with Crippen LogP contribution in [0.2, 0.25) is 0 Å². The maximum absolute atomic E-state index is 12.9. The molecule has 0 bridgehead atoms. The van der Waals surface area contributed by atoms with E-state index in [9.17, 15) is 23.3 Å². The second-order valence-electron chi connectivity index (χ2n) is 6.10. The van der Waals surface area contributed by atoms with E-state index >= 15 is 0 Å². The molecule has 0 radical (unpaired) electrons. The van der Waals surface area contributed by atoms with Gasteiger partial charge in [0.2, 0.25) is 0 Å². The lowest BCUT2D eigenvalue weighted by molar-refractivity contribution is -0.384. The number of non-ortho nitro benzene ring substituents is 1. The Bertz CT molecular complexity index is 1200. The van der Waals surface area contributed by atoms with Gasteiger partial charge in [0.25, 0.3) is 21.6 Å². The van der Waals surface area contributed by atoms with Crippen molar-refractivity contribution in [3.05, 3.63) is 88.5 Å². The lowest BCUT2D eigenvalue weighted by Gasteiger charge is -2.13. The monoisotopic (exact) mass is 427 g/mol. The molecule has 0 aliphatic heterocycles. The molecule has 154 valence electrons. The van der Waals surface area contributed by atoms with Gasteiger partial charge in [-0.05, 0) is 36.4 Å². The van der Waals surface area contributed by atoms with E-state index in [1.807, 2.05) is 0 Å². The van der Waals surface area contributed by atoms with Crippen molar-refractivity contribution < 1.29 is 22.9 Å². The molecular weight excluding hydrogens is 410 g/mol. The highest BCUT2D eigenvalue weighted by Gasteiger charge is 2.23. The third kappa shape index (κ3) is 4.73. The summed E-state index contributed by atoms with van der Waals surface area (Å²) in [5.74, 6) is -0.486. The number of nitrogens with zero attached hydrogens (tertiary/aromatic N) is 1. The van der Waals surface area contributed by atoms with Crippen molar-refractivity contribution in [1.29, 1.82) is 0 Å². The number of anilines is 2. The second-order valence-corrected chi connectivity index (χ2v) is 7.75. The highest BCUT2D eigenvalue weighted by atomic mass is 32.2. The Hall–Kier alpha value is -3.92. The summed E-state index contributed by atoms with van der Waals surface area (Å²) in [6.45, 7) is 0. The molecule has 0 unspecified atom stereocenters. The number of rotatable bonds is 7. The molecule has 10 heteroatoms. The van der Waals surface area contributed by atoms with Crippen LogP contribution in [0.5, 0.6) is 5.75 Å². The molecule has 0 aliphatic carbocycles. The first kappa shape index (κ1) is 20.8. The van der Waals surface area contributed by atoms with E-state index in [0.29, 0.717) is 5.69 Å². The Labute approximate surface area is 172 Å². The van der Waals surface area contributed by atoms with Crippen molar-refractivity contribution in [2.75, 3.05) is 17.1 Å². The van der Waals surface area contributed by atoms with Crippen LogP contribution in [0.4, 0.5) is 17.1 Å². The Morgan fingerprint density at radius 1 is 0.967 bits per heavy atom. The van der Waals surface area contributed by atoms with Gasteiger partial charge in [-0.3, -0.25) is 19.6 Å². The Morgan fingerprint density at radius 2 is 1.67 bits per heavy atom. The molecule has 0 saturated carbocycles. The summed E-state index contributed by atoms with van der Waals surface area (Å²) in [6.07, 6.45) is 0. The minimum atomic E-state index is -4.21. The van der Waals surface area contributed by atoms with Crippen molar-refractivity contribution >= 4 is 33.0 Å². The minimum absolute atomic E-state index is 0.00499. The maximum atomic E-state index is 12.9. The Morgan fingerprint density at radius 3 is 2.33 bits per heavy atom. The van der Waals surface area contributed by atoms with Crippen LogP contribution >= 0.6 is 0 Å². The van der Waals surface area contributed by atoms with E-state index in [-0.39, 0.29) is 27.6 Å². The highest BCUT2D eigenvalue weighted by Crippen LogP contribution is 2.28. The zero-order valence-electron chi connectivity index (χ0n) is 15.7. The van der Waals surface area contributed by atoms with E-state index in [1.165, 1.54) is 43.5 Å². The topological polar surface area (TPSA) is 128 Å². The minimum Gasteiger partial charge on any atom is -0.495 e. The van der Waals surface area contributed by atoms with Gasteiger partial charge >= 0.3 is 0 Å². The summed E-state index contributed by atoms with van der Waals surface area (Å²) >= 11 is 0. The number of hydrogen-bond acceptors (Lipinski definition) is 6. The molecule has 3 rings (SSSR count). The molecule has 3 aromatic rings. The Balaban J connectivity index is 1.93. The van der Waals surface area contributed by atoms with Crippen molar-refractivity contribution in [2.24, 2.45) is 0 Å². The third-order valence-electron chi connectivity index (χ3n) is 4.06. The predicted octanol–water partition coefficient (Wildman–Crippen LogP) is 3.66. The highest BCUT2D eigenvalue weighted by molar-refractivity contribution is 7.92. The quantitative estimate of drug-likeness (QED) is 0.437. The summed E-state index contributed by atoms with van der Waals surface area (Å²) in [6, 6.07) is 17.7. The smallest absolute Gasteiger partial charge is 0.271 e. The van der Waals surface area contributed by atoms with Crippen molar-refractivity contribution in [3.8, 4) is 5.75 Å². The van der Waals surface area contributed by atoms with E-state index in [0.717, 1.165) is 6.07 Å². The van der Waals surface area contributed by atoms with Gasteiger partial charge in [0.1, 0.15) is 10.6 Å². The van der Waals surface area contributed by atoms with Gasteiger partial charge in [-0.1, -0.05) is 24.3 Å². The summed E-state index contributed by atoms with van der Waals surface area (Å²) in [5, 5.41) is 13.6. The van der Waals surface area contributed by atoms with Gasteiger partial charge in [0.05, 0.1) is 17.7 Å². The number of methoxy groups -OCH3 is 1. The van der Waals surface area contributed by atoms with Crippen LogP contribution < -0.4 is 14.8 Å². The zero-order chi connectivity index (χ0) is 21.7. The van der Waals surface area contributed by atoms with Crippen LogP contribution in [-0.2, 0) is 10.0 Å². The number of hydrogen-bond donors (Lipinski definition) is 2. The number of nitro benzene ring substituents is 1. The van der Waals surface area contributed by atoms with Crippen LogP contribution in [0.1, 0.15) is 10.4 Å². The van der Waals surface area contributed by atoms with E-state index in [1.54, 1.807) is 30.3 Å². The largest absolute Gasteiger partial charge is 0.495 e. The standard InChI is InChI=1S/C20H17N3O6S/c1-29-18-11-10-14(20(24)21-15-6-3-2-4-7-15)12-19(18)30(27,28)22-16-8-5-9-17(13-16)23(25)26/h2-13,22H,1H3,(H,21,24). The van der Waals surface area contributed by atoms with E-state index < -0.39 is 20.9 Å².